The SMILES string of the molecule is CC/C=C\C/C=C\C/C=C\CCCCCCCCCC(=O)OCC(COP(=O)(O)OCC(O)COP(=O)(O)OCC(COC(=O)CCCCCCC/C=C\C/C=C\C/C=C\CC)OC(=O)CCCCCCC/C=C\C/C=C\CCCCC)OC(=O)CCCCCCC/C=C\CCCC. The average Bonchev–Trinajstić information content (AvgIpc) is 0.986. The molecule has 0 aromatic heterocycles. The van der Waals surface area contributed by atoms with Crippen molar-refractivity contribution in [3.05, 3.63) is 109 Å². The Morgan fingerprint density at radius 1 is 0.296 bits per heavy atom. The molecule has 19 heteroatoms. The van der Waals surface area contributed by atoms with Gasteiger partial charge in [0.25, 0.3) is 0 Å². The molecule has 0 radical (unpaired) electrons. The summed E-state index contributed by atoms with van der Waals surface area (Å²) in [6, 6.07) is 0. The molecule has 0 aliphatic rings. The van der Waals surface area contributed by atoms with Crippen molar-refractivity contribution >= 4 is 39.5 Å². The number of phosphoric acid groups is 2. The molecule has 5 unspecified atom stereocenters. The largest absolute Gasteiger partial charge is 0.472 e. The van der Waals surface area contributed by atoms with Crippen molar-refractivity contribution in [1.29, 1.82) is 0 Å². The van der Waals surface area contributed by atoms with Crippen LogP contribution < -0.4 is 0 Å². The second-order valence-electron chi connectivity index (χ2n) is 25.2. The first-order chi connectivity index (χ1) is 47.7. The molecule has 0 aliphatic heterocycles. The summed E-state index contributed by atoms with van der Waals surface area (Å²) in [5, 5.41) is 10.6. The van der Waals surface area contributed by atoms with Crippen molar-refractivity contribution in [2.24, 2.45) is 0 Å². The zero-order valence-electron chi connectivity index (χ0n) is 61.4. The Kier molecular flexibility index (Phi) is 68.0. The lowest BCUT2D eigenvalue weighted by Crippen LogP contribution is -2.30. The molecule has 98 heavy (non-hydrogen) atoms. The number of rotatable bonds is 71. The van der Waals surface area contributed by atoms with Crippen molar-refractivity contribution in [2.75, 3.05) is 39.6 Å². The van der Waals surface area contributed by atoms with Crippen molar-refractivity contribution in [2.45, 2.75) is 329 Å². The average molecular weight is 1420 g/mol. The number of phosphoric ester groups is 2. The number of aliphatic hydroxyl groups excluding tert-OH is 1. The Morgan fingerprint density at radius 3 is 0.857 bits per heavy atom. The van der Waals surface area contributed by atoms with Crippen LogP contribution in [-0.2, 0) is 65.4 Å². The van der Waals surface area contributed by atoms with Crippen LogP contribution in [0.3, 0.4) is 0 Å². The second kappa shape index (κ2) is 71.1. The van der Waals surface area contributed by atoms with Crippen molar-refractivity contribution < 1.29 is 80.2 Å². The van der Waals surface area contributed by atoms with Crippen LogP contribution in [0.2, 0.25) is 0 Å². The molecule has 0 bridgehead atoms. The van der Waals surface area contributed by atoms with E-state index in [2.05, 4.69) is 137 Å². The minimum absolute atomic E-state index is 0.0741. The van der Waals surface area contributed by atoms with Crippen molar-refractivity contribution in [3.63, 3.8) is 0 Å². The maximum Gasteiger partial charge on any atom is 0.472 e. The van der Waals surface area contributed by atoms with E-state index in [1.807, 2.05) is 0 Å². The van der Waals surface area contributed by atoms with E-state index < -0.39 is 97.5 Å². The first-order valence-corrected chi connectivity index (χ1v) is 41.1. The van der Waals surface area contributed by atoms with Gasteiger partial charge in [0.1, 0.15) is 19.3 Å². The lowest BCUT2D eigenvalue weighted by molar-refractivity contribution is -0.161. The highest BCUT2D eigenvalue weighted by Crippen LogP contribution is 2.45. The van der Waals surface area contributed by atoms with Crippen LogP contribution in [-0.4, -0.2) is 96.7 Å². The number of hydrogen-bond acceptors (Lipinski definition) is 15. The van der Waals surface area contributed by atoms with E-state index in [9.17, 15) is 43.2 Å². The summed E-state index contributed by atoms with van der Waals surface area (Å²) in [4.78, 5) is 72.8. The number of carbonyl (C=O) groups excluding carboxylic acids is 4. The van der Waals surface area contributed by atoms with Gasteiger partial charge in [0.15, 0.2) is 12.2 Å². The van der Waals surface area contributed by atoms with Crippen LogP contribution >= 0.6 is 15.6 Å². The number of carbonyl (C=O) groups is 4. The fourth-order valence-corrected chi connectivity index (χ4v) is 11.5. The molecule has 0 aromatic rings. The Labute approximate surface area is 594 Å². The van der Waals surface area contributed by atoms with Gasteiger partial charge in [-0.3, -0.25) is 37.3 Å². The topological polar surface area (TPSA) is 237 Å². The molecule has 0 saturated heterocycles. The molecule has 0 heterocycles. The maximum atomic E-state index is 13.1. The molecule has 5 atom stereocenters. The van der Waals surface area contributed by atoms with E-state index in [-0.39, 0.29) is 25.7 Å². The van der Waals surface area contributed by atoms with Crippen LogP contribution in [0.25, 0.3) is 0 Å². The van der Waals surface area contributed by atoms with E-state index in [4.69, 9.17) is 37.0 Å². The fraction of sp³-hybridized carbons (Fsp3) is 0.722. The number of unbranched alkanes of at least 4 members (excludes halogenated alkanes) is 27. The number of allylic oxidation sites excluding steroid dienone is 18. The predicted molar refractivity (Wildman–Crippen MR) is 399 cm³/mol. The maximum absolute atomic E-state index is 13.1. The number of esters is 4. The Hall–Kier alpha value is -4.28. The van der Waals surface area contributed by atoms with Gasteiger partial charge in [-0.15, -0.1) is 0 Å². The number of aliphatic hydroxyl groups is 1. The van der Waals surface area contributed by atoms with Gasteiger partial charge in [0, 0.05) is 25.7 Å². The highest BCUT2D eigenvalue weighted by atomic mass is 31.2. The zero-order chi connectivity index (χ0) is 71.8. The lowest BCUT2D eigenvalue weighted by atomic mass is 10.1. The molecule has 0 saturated carbocycles. The van der Waals surface area contributed by atoms with Gasteiger partial charge in [-0.05, 0) is 141 Å². The first-order valence-electron chi connectivity index (χ1n) is 38.1. The third-order valence-corrected chi connectivity index (χ3v) is 17.6. The van der Waals surface area contributed by atoms with Crippen LogP contribution in [0.15, 0.2) is 109 Å². The highest BCUT2D eigenvalue weighted by Gasteiger charge is 2.30. The normalized spacial score (nSPS) is 14.6. The van der Waals surface area contributed by atoms with Gasteiger partial charge in [-0.2, -0.15) is 0 Å². The molecule has 564 valence electrons. The van der Waals surface area contributed by atoms with Crippen molar-refractivity contribution in [1.82, 2.24) is 0 Å². The Balaban J connectivity index is 5.35. The van der Waals surface area contributed by atoms with Gasteiger partial charge >= 0.3 is 39.5 Å². The van der Waals surface area contributed by atoms with Gasteiger partial charge < -0.3 is 33.8 Å². The molecular formula is C79H136O17P2. The molecule has 0 aliphatic carbocycles. The number of hydrogen-bond donors (Lipinski definition) is 3. The molecular weight excluding hydrogens is 1280 g/mol. The van der Waals surface area contributed by atoms with Crippen LogP contribution in [0.5, 0.6) is 0 Å². The lowest BCUT2D eigenvalue weighted by Gasteiger charge is -2.21. The summed E-state index contributed by atoms with van der Waals surface area (Å²) in [6.45, 7) is 4.54. The third-order valence-electron chi connectivity index (χ3n) is 15.7. The quantitative estimate of drug-likeness (QED) is 0.0169. The van der Waals surface area contributed by atoms with Gasteiger partial charge in [0.05, 0.1) is 26.4 Å². The summed E-state index contributed by atoms with van der Waals surface area (Å²) in [6.07, 6.45) is 75.1. The summed E-state index contributed by atoms with van der Waals surface area (Å²) >= 11 is 0. The summed E-state index contributed by atoms with van der Waals surface area (Å²) in [7, 11) is -9.96. The fourth-order valence-electron chi connectivity index (χ4n) is 9.91. The minimum atomic E-state index is -4.98. The van der Waals surface area contributed by atoms with E-state index in [0.29, 0.717) is 25.7 Å². The van der Waals surface area contributed by atoms with E-state index in [0.717, 1.165) is 199 Å². The smallest absolute Gasteiger partial charge is 0.462 e. The summed E-state index contributed by atoms with van der Waals surface area (Å²) < 4.78 is 68.4. The van der Waals surface area contributed by atoms with Crippen LogP contribution in [0, 0.1) is 0 Å². The number of ether oxygens (including phenoxy) is 4. The molecule has 0 aromatic carbocycles. The molecule has 0 amide bonds. The first kappa shape index (κ1) is 93.7. The molecule has 3 N–H and O–H groups in total. The summed E-state index contributed by atoms with van der Waals surface area (Å²) in [5.41, 5.74) is 0. The van der Waals surface area contributed by atoms with E-state index >= 15 is 0 Å². The van der Waals surface area contributed by atoms with Gasteiger partial charge in [0.2, 0.25) is 0 Å². The molecule has 0 fully saturated rings. The van der Waals surface area contributed by atoms with Gasteiger partial charge in [-0.25, -0.2) is 9.13 Å². The second-order valence-corrected chi connectivity index (χ2v) is 28.1. The predicted octanol–water partition coefficient (Wildman–Crippen LogP) is 21.8. The zero-order valence-corrected chi connectivity index (χ0v) is 63.2. The Morgan fingerprint density at radius 2 is 0.541 bits per heavy atom. The Bertz CT molecular complexity index is 2290. The minimum Gasteiger partial charge on any atom is -0.462 e. The molecule has 17 nitrogen and oxygen atoms in total. The standard InChI is InChI=1S/C79H136O17P2/c1-5-9-13-17-21-25-29-32-35-36-39-41-45-48-52-56-60-64-77(82)89-69-74(95-78(83)65-61-57-53-49-43-28-24-20-16-12-8-4)71-93-97(85,86)91-67-73(80)68-92-98(87,88)94-72-75(96-79(84)66-62-58-54-50-46-42-38-34-31-27-23-19-15-11-7-3)70-90-76(81)63-59-55-51-47-44-40-37-33-30-26-22-18-14-10-6-2/h9-10,13-14,20-27,32-35,37-38,73-75,80H,5-8,11-12,15-19,28-31,36,39-72H2,1-4H3,(H,85,86)(H,87,88)/b13-9-,14-10-,24-20-,25-21-,26-22-,27-23-,35-32-,37-33-,38-34-. The monoisotopic (exact) mass is 1420 g/mol. The summed E-state index contributed by atoms with van der Waals surface area (Å²) in [5.74, 6) is -2.22. The molecule has 0 rings (SSSR count). The van der Waals surface area contributed by atoms with E-state index in [1.165, 1.54) is 32.1 Å². The third kappa shape index (κ3) is 70.2. The van der Waals surface area contributed by atoms with Crippen LogP contribution in [0.4, 0.5) is 0 Å². The molecule has 0 spiro atoms. The highest BCUT2D eigenvalue weighted by molar-refractivity contribution is 7.47. The van der Waals surface area contributed by atoms with Crippen LogP contribution in [0.1, 0.15) is 310 Å². The van der Waals surface area contributed by atoms with E-state index in [1.54, 1.807) is 0 Å². The van der Waals surface area contributed by atoms with Crippen molar-refractivity contribution in [3.8, 4) is 0 Å². The van der Waals surface area contributed by atoms with Gasteiger partial charge in [-0.1, -0.05) is 253 Å².